The largest absolute Gasteiger partial charge is 0.506 e. The molecule has 5 heteroatoms. The number of hydrogen-bond donors (Lipinski definition) is 3. The lowest BCUT2D eigenvalue weighted by atomic mass is 10.2. The lowest BCUT2D eigenvalue weighted by Crippen LogP contribution is -2.35. The van der Waals surface area contributed by atoms with Crippen molar-refractivity contribution < 1.29 is 14.7 Å². The number of aryl methyl sites for hydroxylation is 1. The number of amides is 2. The van der Waals surface area contributed by atoms with Gasteiger partial charge in [-0.1, -0.05) is 12.1 Å². The van der Waals surface area contributed by atoms with Gasteiger partial charge < -0.3 is 15.7 Å². The molecule has 0 aromatic heterocycles. The first kappa shape index (κ1) is 12.8. The zero-order valence-electron chi connectivity index (χ0n) is 9.49. The molecule has 3 N–H and O–H groups in total. The Bertz CT molecular complexity index is 455. The number of anilines is 1. The quantitative estimate of drug-likeness (QED) is 0.414. The van der Waals surface area contributed by atoms with Crippen LogP contribution in [0.2, 0.25) is 0 Å². The maximum absolute atomic E-state index is 11.4. The zero-order valence-corrected chi connectivity index (χ0v) is 9.49. The molecule has 1 rings (SSSR count). The van der Waals surface area contributed by atoms with E-state index in [0.29, 0.717) is 0 Å². The predicted molar refractivity (Wildman–Crippen MR) is 64.7 cm³/mol. The molecule has 0 aliphatic rings. The van der Waals surface area contributed by atoms with Gasteiger partial charge in [-0.15, -0.1) is 6.58 Å². The molecule has 0 radical (unpaired) electrons. The molecule has 0 fully saturated rings. The van der Waals surface area contributed by atoms with Crippen LogP contribution < -0.4 is 10.6 Å². The summed E-state index contributed by atoms with van der Waals surface area (Å²) in [5, 5.41) is 14.1. The molecule has 0 saturated heterocycles. The van der Waals surface area contributed by atoms with Crippen molar-refractivity contribution in [3.05, 3.63) is 36.4 Å². The first-order valence-electron chi connectivity index (χ1n) is 5.04. The normalized spacial score (nSPS) is 9.47. The Labute approximate surface area is 99.1 Å². The fraction of sp³-hybridized carbons (Fsp3) is 0.167. The van der Waals surface area contributed by atoms with Crippen LogP contribution in [0, 0.1) is 6.92 Å². The van der Waals surface area contributed by atoms with Crippen molar-refractivity contribution in [2.24, 2.45) is 0 Å². The van der Waals surface area contributed by atoms with Crippen LogP contribution in [0.3, 0.4) is 0 Å². The van der Waals surface area contributed by atoms with Crippen molar-refractivity contribution >= 4 is 17.5 Å². The molecule has 0 heterocycles. The predicted octanol–water partition coefficient (Wildman–Crippen LogP) is 0.941. The Morgan fingerprint density at radius 1 is 1.41 bits per heavy atom. The van der Waals surface area contributed by atoms with E-state index in [-0.39, 0.29) is 18.0 Å². The SMILES string of the molecule is C=CCNC(=O)C(=O)Nc1cc(C)ccc1O. The molecule has 0 saturated carbocycles. The highest BCUT2D eigenvalue weighted by Gasteiger charge is 2.14. The van der Waals surface area contributed by atoms with Crippen LogP contribution in [0.15, 0.2) is 30.9 Å². The van der Waals surface area contributed by atoms with Gasteiger partial charge in [-0.3, -0.25) is 9.59 Å². The van der Waals surface area contributed by atoms with Crippen LogP contribution in [0.1, 0.15) is 5.56 Å². The number of carbonyl (C=O) groups excluding carboxylic acids is 2. The standard InChI is InChI=1S/C12H14N2O3/c1-3-6-13-11(16)12(17)14-9-7-8(2)4-5-10(9)15/h3-5,7,15H,1,6H2,2H3,(H,13,16)(H,14,17). The van der Waals surface area contributed by atoms with Gasteiger partial charge in [0.15, 0.2) is 0 Å². The third-order valence-corrected chi connectivity index (χ3v) is 2.01. The third kappa shape index (κ3) is 3.64. The van der Waals surface area contributed by atoms with Crippen LogP contribution in [0.5, 0.6) is 5.75 Å². The van der Waals surface area contributed by atoms with E-state index in [0.717, 1.165) is 5.56 Å². The second-order valence-electron chi connectivity index (χ2n) is 3.47. The monoisotopic (exact) mass is 234 g/mol. The molecule has 17 heavy (non-hydrogen) atoms. The number of benzene rings is 1. The molecule has 0 aliphatic heterocycles. The van der Waals surface area contributed by atoms with Crippen LogP contribution >= 0.6 is 0 Å². The molecular formula is C12H14N2O3. The third-order valence-electron chi connectivity index (χ3n) is 2.01. The first-order chi connectivity index (χ1) is 8.04. The van der Waals surface area contributed by atoms with E-state index >= 15 is 0 Å². The van der Waals surface area contributed by atoms with Gasteiger partial charge >= 0.3 is 11.8 Å². The van der Waals surface area contributed by atoms with Crippen molar-refractivity contribution in [1.29, 1.82) is 0 Å². The number of aromatic hydroxyl groups is 1. The van der Waals surface area contributed by atoms with Crippen LogP contribution in [0.4, 0.5) is 5.69 Å². The molecule has 1 aromatic rings. The van der Waals surface area contributed by atoms with Gasteiger partial charge in [0.05, 0.1) is 5.69 Å². The number of phenols is 1. The average molecular weight is 234 g/mol. The Morgan fingerprint density at radius 2 is 2.12 bits per heavy atom. The van der Waals surface area contributed by atoms with Gasteiger partial charge in [0.2, 0.25) is 0 Å². The molecule has 5 nitrogen and oxygen atoms in total. The second kappa shape index (κ2) is 5.69. The van der Waals surface area contributed by atoms with Gasteiger partial charge in [-0.2, -0.15) is 0 Å². The molecular weight excluding hydrogens is 220 g/mol. The first-order valence-corrected chi connectivity index (χ1v) is 5.04. The van der Waals surface area contributed by atoms with E-state index in [1.54, 1.807) is 12.1 Å². The maximum Gasteiger partial charge on any atom is 0.313 e. The summed E-state index contributed by atoms with van der Waals surface area (Å²) >= 11 is 0. The van der Waals surface area contributed by atoms with Crippen molar-refractivity contribution in [3.63, 3.8) is 0 Å². The van der Waals surface area contributed by atoms with E-state index in [9.17, 15) is 14.7 Å². The lowest BCUT2D eigenvalue weighted by molar-refractivity contribution is -0.136. The fourth-order valence-electron chi connectivity index (χ4n) is 1.17. The van der Waals surface area contributed by atoms with E-state index in [4.69, 9.17) is 0 Å². The summed E-state index contributed by atoms with van der Waals surface area (Å²) in [6, 6.07) is 4.73. The molecule has 0 unspecified atom stereocenters. The molecule has 90 valence electrons. The summed E-state index contributed by atoms with van der Waals surface area (Å²) in [6.45, 7) is 5.44. The Balaban J connectivity index is 2.70. The van der Waals surface area contributed by atoms with Gasteiger partial charge in [0.25, 0.3) is 0 Å². The highest BCUT2D eigenvalue weighted by atomic mass is 16.3. The number of nitrogens with one attached hydrogen (secondary N) is 2. The molecule has 2 amide bonds. The van der Waals surface area contributed by atoms with E-state index < -0.39 is 11.8 Å². The summed E-state index contributed by atoms with van der Waals surface area (Å²) in [7, 11) is 0. The Hall–Kier alpha value is -2.30. The fourth-order valence-corrected chi connectivity index (χ4v) is 1.17. The van der Waals surface area contributed by atoms with Crippen LogP contribution in [0.25, 0.3) is 0 Å². The van der Waals surface area contributed by atoms with Crippen LogP contribution in [-0.2, 0) is 9.59 Å². The molecule has 1 aromatic carbocycles. The molecule has 0 atom stereocenters. The van der Waals surface area contributed by atoms with Crippen molar-refractivity contribution in [2.45, 2.75) is 6.92 Å². The van der Waals surface area contributed by atoms with Gasteiger partial charge in [0, 0.05) is 6.54 Å². The minimum atomic E-state index is -0.826. The summed E-state index contributed by atoms with van der Waals surface area (Å²) in [5.41, 5.74) is 1.08. The Morgan fingerprint density at radius 3 is 2.76 bits per heavy atom. The Kier molecular flexibility index (Phi) is 4.28. The van der Waals surface area contributed by atoms with Crippen LogP contribution in [-0.4, -0.2) is 23.5 Å². The minimum Gasteiger partial charge on any atom is -0.506 e. The number of phenolic OH excluding ortho intramolecular Hbond substituents is 1. The van der Waals surface area contributed by atoms with E-state index in [1.165, 1.54) is 12.1 Å². The van der Waals surface area contributed by atoms with E-state index in [2.05, 4.69) is 17.2 Å². The van der Waals surface area contributed by atoms with Gasteiger partial charge in [0.1, 0.15) is 5.75 Å². The van der Waals surface area contributed by atoms with Crippen molar-refractivity contribution in [2.75, 3.05) is 11.9 Å². The maximum atomic E-state index is 11.4. The van der Waals surface area contributed by atoms with E-state index in [1.807, 2.05) is 6.92 Å². The summed E-state index contributed by atoms with van der Waals surface area (Å²) in [4.78, 5) is 22.7. The molecule has 0 bridgehead atoms. The lowest BCUT2D eigenvalue weighted by Gasteiger charge is -2.07. The molecule has 0 aliphatic carbocycles. The van der Waals surface area contributed by atoms with Crippen molar-refractivity contribution in [3.8, 4) is 5.75 Å². The van der Waals surface area contributed by atoms with Gasteiger partial charge in [-0.05, 0) is 24.6 Å². The average Bonchev–Trinajstić information content (AvgIpc) is 2.30. The highest BCUT2D eigenvalue weighted by molar-refractivity contribution is 6.39. The number of rotatable bonds is 3. The van der Waals surface area contributed by atoms with Gasteiger partial charge in [-0.25, -0.2) is 0 Å². The smallest absolute Gasteiger partial charge is 0.313 e. The minimum absolute atomic E-state index is 0.0829. The summed E-state index contributed by atoms with van der Waals surface area (Å²) in [6.07, 6.45) is 1.47. The number of hydrogen-bond acceptors (Lipinski definition) is 3. The van der Waals surface area contributed by atoms with Crippen molar-refractivity contribution in [1.82, 2.24) is 5.32 Å². The molecule has 0 spiro atoms. The second-order valence-corrected chi connectivity index (χ2v) is 3.47. The zero-order chi connectivity index (χ0) is 12.8. The number of carbonyl (C=O) groups is 2. The summed E-state index contributed by atoms with van der Waals surface area (Å²) in [5.74, 6) is -1.68. The topological polar surface area (TPSA) is 78.4 Å². The highest BCUT2D eigenvalue weighted by Crippen LogP contribution is 2.23. The summed E-state index contributed by atoms with van der Waals surface area (Å²) < 4.78 is 0.